The first-order valence-electron chi connectivity index (χ1n) is 18.8. The number of nitrogens with one attached hydrogen (secondary N) is 2. The molecule has 0 aliphatic carbocycles. The minimum absolute atomic E-state index is 0.0112. The number of hydrogen-bond donors (Lipinski definition) is 4. The van der Waals surface area contributed by atoms with E-state index in [0.29, 0.717) is 36.5 Å². The Morgan fingerprint density at radius 2 is 1.46 bits per heavy atom. The fourth-order valence-electron chi connectivity index (χ4n) is 6.17. The largest absolute Gasteiger partial charge is 0.506 e. The van der Waals surface area contributed by atoms with Crippen molar-refractivity contribution < 1.29 is 38.8 Å². The van der Waals surface area contributed by atoms with Gasteiger partial charge < -0.3 is 34.6 Å². The summed E-state index contributed by atoms with van der Waals surface area (Å²) in [6, 6.07) is 17.5. The molecular weight excluding hydrogens is 710 g/mol. The van der Waals surface area contributed by atoms with E-state index in [4.69, 9.17) is 25.8 Å². The average Bonchev–Trinajstić information content (AvgIpc) is 3.18. The van der Waals surface area contributed by atoms with Crippen LogP contribution >= 0.6 is 11.6 Å². The Morgan fingerprint density at radius 1 is 0.778 bits per heavy atom. The van der Waals surface area contributed by atoms with Gasteiger partial charge in [0.05, 0.1) is 47.8 Å². The molecule has 4 aromatic carbocycles. The molecule has 4 aromatic rings. The lowest BCUT2D eigenvalue weighted by molar-refractivity contribution is 0.0497. The number of halogens is 1. The van der Waals surface area contributed by atoms with Crippen molar-refractivity contribution in [1.82, 2.24) is 0 Å². The number of phenols is 1. The van der Waals surface area contributed by atoms with Crippen LogP contribution in [-0.2, 0) is 4.74 Å². The number of aromatic hydroxyl groups is 1. The second-order valence-electron chi connectivity index (χ2n) is 13.0. The number of fused-ring (bicyclic) bond motifs is 1. The van der Waals surface area contributed by atoms with Crippen LogP contribution in [0.1, 0.15) is 98.8 Å². The van der Waals surface area contributed by atoms with Gasteiger partial charge in [-0.2, -0.15) is 0 Å². The number of methoxy groups -OCH3 is 1. The van der Waals surface area contributed by atoms with E-state index in [9.17, 15) is 24.6 Å². The Hall–Kier alpha value is -5.00. The number of ether oxygens (including phenoxy) is 3. The molecule has 0 aromatic heterocycles. The molecule has 290 valence electrons. The van der Waals surface area contributed by atoms with Crippen LogP contribution < -0.4 is 25.0 Å². The molecule has 0 unspecified atom stereocenters. The highest BCUT2D eigenvalue weighted by atomic mass is 35.5. The number of benzene rings is 4. The van der Waals surface area contributed by atoms with Crippen molar-refractivity contribution in [2.45, 2.75) is 78.1 Å². The van der Waals surface area contributed by atoms with E-state index in [1.54, 1.807) is 42.5 Å². The average molecular weight is 762 g/mol. The second-order valence-corrected chi connectivity index (χ2v) is 13.4. The predicted molar refractivity (Wildman–Crippen MR) is 215 cm³/mol. The van der Waals surface area contributed by atoms with E-state index in [2.05, 4.69) is 17.6 Å². The Morgan fingerprint density at radius 3 is 2.13 bits per heavy atom. The lowest BCUT2D eigenvalue weighted by Gasteiger charge is -2.23. The summed E-state index contributed by atoms with van der Waals surface area (Å²) in [7, 11) is 1.47. The third-order valence-electron chi connectivity index (χ3n) is 9.15. The van der Waals surface area contributed by atoms with Crippen molar-refractivity contribution in [2.75, 3.05) is 48.9 Å². The Balaban J connectivity index is 1.42. The number of carbonyl (C=O) groups is 3. The smallest absolute Gasteiger partial charge is 0.417 e. The predicted octanol–water partition coefficient (Wildman–Crippen LogP) is 9.97. The number of anilines is 3. The summed E-state index contributed by atoms with van der Waals surface area (Å²) in [4.78, 5) is 41.6. The van der Waals surface area contributed by atoms with Gasteiger partial charge in [-0.3, -0.25) is 10.1 Å². The number of amides is 2. The normalized spacial score (nSPS) is 10.9. The molecule has 4 N–H and O–H groups in total. The maximum Gasteiger partial charge on any atom is 0.417 e. The lowest BCUT2D eigenvalue weighted by atomic mass is 10.0. The van der Waals surface area contributed by atoms with Crippen LogP contribution in [0.15, 0.2) is 66.7 Å². The quantitative estimate of drug-likeness (QED) is 0.0481. The van der Waals surface area contributed by atoms with Gasteiger partial charge in [0.25, 0.3) is 5.91 Å². The van der Waals surface area contributed by atoms with E-state index in [-0.39, 0.29) is 45.3 Å². The fourth-order valence-corrected chi connectivity index (χ4v) is 6.33. The molecule has 0 atom stereocenters. The molecule has 0 saturated carbocycles. The first kappa shape index (κ1) is 41.8. The van der Waals surface area contributed by atoms with Crippen molar-refractivity contribution in [2.24, 2.45) is 0 Å². The van der Waals surface area contributed by atoms with Gasteiger partial charge in [0.15, 0.2) is 0 Å². The number of hydrogen-bond acceptors (Lipinski definition) is 9. The highest BCUT2D eigenvalue weighted by Crippen LogP contribution is 2.38. The van der Waals surface area contributed by atoms with Gasteiger partial charge in [-0.05, 0) is 49.7 Å². The number of nitrogens with zero attached hydrogens (tertiary/aromatic N) is 1. The van der Waals surface area contributed by atoms with Crippen molar-refractivity contribution >= 4 is 57.4 Å². The molecule has 0 bridgehead atoms. The third-order valence-corrected chi connectivity index (χ3v) is 9.48. The molecule has 54 heavy (non-hydrogen) atoms. The lowest BCUT2D eigenvalue weighted by Crippen LogP contribution is -2.26. The zero-order valence-corrected chi connectivity index (χ0v) is 32.2. The van der Waals surface area contributed by atoms with Crippen molar-refractivity contribution in [1.29, 1.82) is 0 Å². The van der Waals surface area contributed by atoms with Crippen molar-refractivity contribution in [3.05, 3.63) is 82.9 Å². The van der Waals surface area contributed by atoms with Gasteiger partial charge in [0.1, 0.15) is 17.2 Å². The van der Waals surface area contributed by atoms with E-state index in [1.807, 2.05) is 11.8 Å². The summed E-state index contributed by atoms with van der Waals surface area (Å²) < 4.78 is 16.7. The molecule has 0 aliphatic rings. The highest BCUT2D eigenvalue weighted by Gasteiger charge is 2.22. The Kier molecular flexibility index (Phi) is 16.7. The molecule has 0 radical (unpaired) electrons. The van der Waals surface area contributed by atoms with Gasteiger partial charge in [0, 0.05) is 35.6 Å². The number of unbranched alkanes of at least 4 members (excludes halogenated alkanes) is 9. The van der Waals surface area contributed by atoms with E-state index in [0.717, 1.165) is 24.9 Å². The number of likely N-dealkylation sites (N-methyl/N-ethyl adjacent to an activating group) is 1. The zero-order valence-electron chi connectivity index (χ0n) is 31.4. The van der Waals surface area contributed by atoms with Crippen LogP contribution in [0.2, 0.25) is 5.02 Å². The molecule has 0 aliphatic heterocycles. The molecule has 2 amide bonds. The minimum Gasteiger partial charge on any atom is -0.506 e. The topological polar surface area (TPSA) is 147 Å². The number of esters is 1. The van der Waals surface area contributed by atoms with Gasteiger partial charge in [-0.25, -0.2) is 9.59 Å². The standard InChI is InChI=1S/C42H52ClN3O8/c1-4-6-7-8-9-10-11-12-13-16-25-53-41(50)29-19-21-34(43)36(26-29)44-40(49)33-28-37(31-17-14-15-18-32(31)39(33)48)54-42(51)45-35-22-20-30(27-38(35)52-3)46(5-2)23-24-47/h14-15,17-22,26-28,47-48H,4-13,16,23-25H2,1-3H3,(H,44,49)(H,45,51). The first-order valence-corrected chi connectivity index (χ1v) is 19.1. The first-order chi connectivity index (χ1) is 26.2. The van der Waals surface area contributed by atoms with Crippen molar-refractivity contribution in [3.8, 4) is 17.2 Å². The van der Waals surface area contributed by atoms with Crippen LogP contribution in [-0.4, -0.2) is 61.6 Å². The van der Waals surface area contributed by atoms with Crippen LogP contribution in [0.5, 0.6) is 17.2 Å². The summed E-state index contributed by atoms with van der Waals surface area (Å²) in [6.07, 6.45) is 10.9. The third kappa shape index (κ3) is 11.8. The summed E-state index contributed by atoms with van der Waals surface area (Å²) in [6.45, 7) is 5.55. The SMILES string of the molecule is CCCCCCCCCCCCOC(=O)c1ccc(Cl)c(NC(=O)c2cc(OC(=O)Nc3ccc(N(CC)CCO)cc3OC)c3ccccc3c2O)c1. The molecule has 0 spiro atoms. The van der Waals surface area contributed by atoms with Crippen molar-refractivity contribution in [3.63, 3.8) is 0 Å². The van der Waals surface area contributed by atoms with Crippen LogP contribution in [0.25, 0.3) is 10.8 Å². The van der Waals surface area contributed by atoms with E-state index >= 15 is 0 Å². The van der Waals surface area contributed by atoms with E-state index in [1.165, 1.54) is 76.3 Å². The maximum atomic E-state index is 13.6. The van der Waals surface area contributed by atoms with Gasteiger partial charge in [-0.15, -0.1) is 0 Å². The molecule has 0 saturated heterocycles. The monoisotopic (exact) mass is 761 g/mol. The number of carbonyl (C=O) groups excluding carboxylic acids is 3. The number of rotatable bonds is 21. The summed E-state index contributed by atoms with van der Waals surface area (Å²) in [5.41, 5.74) is 1.30. The van der Waals surface area contributed by atoms with Crippen LogP contribution in [0.4, 0.5) is 21.9 Å². The number of aliphatic hydroxyl groups is 1. The van der Waals surface area contributed by atoms with Crippen LogP contribution in [0, 0.1) is 0 Å². The fraction of sp³-hybridized carbons (Fsp3) is 0.405. The Bertz CT molecular complexity index is 1870. The Labute approximate surface area is 322 Å². The molecule has 12 heteroatoms. The second kappa shape index (κ2) is 21.6. The number of aliphatic hydroxyl groups excluding tert-OH is 1. The summed E-state index contributed by atoms with van der Waals surface area (Å²) in [5, 5.41) is 26.7. The molecule has 4 rings (SSSR count). The molecule has 0 heterocycles. The van der Waals surface area contributed by atoms with Gasteiger partial charge >= 0.3 is 12.1 Å². The maximum absolute atomic E-state index is 13.6. The molecular formula is C42H52ClN3O8. The molecule has 0 fully saturated rings. The minimum atomic E-state index is -0.863. The summed E-state index contributed by atoms with van der Waals surface area (Å²) in [5.74, 6) is -1.23. The molecule has 11 nitrogen and oxygen atoms in total. The van der Waals surface area contributed by atoms with Gasteiger partial charge in [-0.1, -0.05) is 101 Å². The van der Waals surface area contributed by atoms with Gasteiger partial charge in [0.2, 0.25) is 0 Å². The van der Waals surface area contributed by atoms with Crippen LogP contribution in [0.3, 0.4) is 0 Å². The zero-order chi connectivity index (χ0) is 38.9. The highest BCUT2D eigenvalue weighted by molar-refractivity contribution is 6.34. The number of phenolic OH excluding ortho intramolecular Hbond substituents is 1. The summed E-state index contributed by atoms with van der Waals surface area (Å²) >= 11 is 6.41. The van der Waals surface area contributed by atoms with E-state index < -0.39 is 18.0 Å².